The van der Waals surface area contributed by atoms with E-state index in [1.54, 1.807) is 4.57 Å². The Morgan fingerprint density at radius 3 is 2.21 bits per heavy atom. The highest BCUT2D eigenvalue weighted by Crippen LogP contribution is 2.31. The van der Waals surface area contributed by atoms with Gasteiger partial charge in [-0.2, -0.15) is 5.16 Å². The molecule has 5 rings (SSSR count). The Kier molecular flexibility index (Phi) is 8.73. The molecule has 0 atom stereocenters. The topological polar surface area (TPSA) is 126 Å². The van der Waals surface area contributed by atoms with E-state index < -0.39 is 11.7 Å². The van der Waals surface area contributed by atoms with Crippen molar-refractivity contribution < 1.29 is 19.5 Å². The molecule has 0 bridgehead atoms. The number of hydrogen-bond acceptors (Lipinski definition) is 8. The maximum atomic E-state index is 14.1. The molecule has 0 aliphatic heterocycles. The van der Waals surface area contributed by atoms with E-state index in [9.17, 15) is 15.0 Å². The highest BCUT2D eigenvalue weighted by molar-refractivity contribution is 5.80. The number of rotatable bonds is 11. The van der Waals surface area contributed by atoms with Crippen molar-refractivity contribution in [2.45, 2.75) is 59.1 Å². The van der Waals surface area contributed by atoms with Gasteiger partial charge in [-0.15, -0.1) is 0 Å². The quantitative estimate of drug-likeness (QED) is 0.220. The van der Waals surface area contributed by atoms with E-state index in [-0.39, 0.29) is 18.0 Å². The van der Waals surface area contributed by atoms with Crippen LogP contribution in [0.2, 0.25) is 0 Å². The number of aryl methyl sites for hydroxylation is 2. The van der Waals surface area contributed by atoms with Crippen molar-refractivity contribution in [1.82, 2.24) is 19.7 Å². The lowest BCUT2D eigenvalue weighted by molar-refractivity contribution is -0.303. The zero-order chi connectivity index (χ0) is 30.6. The highest BCUT2D eigenvalue weighted by atomic mass is 16.6. The summed E-state index contributed by atoms with van der Waals surface area (Å²) in [7, 11) is 0. The van der Waals surface area contributed by atoms with Gasteiger partial charge >= 0.3 is 0 Å². The summed E-state index contributed by atoms with van der Waals surface area (Å²) in [6, 6.07) is 22.9. The summed E-state index contributed by atoms with van der Waals surface area (Å²) in [4.78, 5) is 22.9. The summed E-state index contributed by atoms with van der Waals surface area (Å²) < 4.78 is 12.3. The Bertz CT molecular complexity index is 1760. The predicted octanol–water partition coefficient (Wildman–Crippen LogP) is 5.41. The van der Waals surface area contributed by atoms with E-state index in [0.29, 0.717) is 36.3 Å². The van der Waals surface area contributed by atoms with Crippen LogP contribution in [0.25, 0.3) is 33.6 Å². The average Bonchev–Trinajstić information content (AvgIpc) is 3.45. The number of aliphatic hydroxyl groups excluding tert-OH is 1. The van der Waals surface area contributed by atoms with Crippen molar-refractivity contribution in [1.29, 1.82) is 0 Å². The third kappa shape index (κ3) is 6.52. The second kappa shape index (κ2) is 12.6. The number of aromatic nitrogens is 4. The van der Waals surface area contributed by atoms with Gasteiger partial charge in [-0.3, -0.25) is 9.36 Å². The first-order chi connectivity index (χ1) is 20.7. The van der Waals surface area contributed by atoms with Crippen molar-refractivity contribution in [3.05, 3.63) is 100 Å². The van der Waals surface area contributed by atoms with E-state index in [0.717, 1.165) is 40.2 Å². The third-order valence-electron chi connectivity index (χ3n) is 7.23. The fourth-order valence-corrected chi connectivity index (χ4v) is 5.03. The first-order valence-electron chi connectivity index (χ1n) is 14.4. The fourth-order valence-electron chi connectivity index (χ4n) is 5.03. The molecule has 0 spiro atoms. The van der Waals surface area contributed by atoms with Gasteiger partial charge in [-0.1, -0.05) is 74.5 Å². The number of benzene rings is 3. The number of aliphatic hydroxyl groups is 1. The van der Waals surface area contributed by atoms with Gasteiger partial charge in [0.25, 0.3) is 5.56 Å². The average molecular weight is 580 g/mol. The van der Waals surface area contributed by atoms with Crippen LogP contribution in [0.3, 0.4) is 0 Å². The Morgan fingerprint density at radius 2 is 1.60 bits per heavy atom. The Balaban J connectivity index is 1.49. The maximum Gasteiger partial charge on any atom is 0.261 e. The van der Waals surface area contributed by atoms with Crippen molar-refractivity contribution in [3.8, 4) is 45.5 Å². The zero-order valence-electron chi connectivity index (χ0n) is 24.8. The number of hydrogen-bond donors (Lipinski definition) is 1. The Morgan fingerprint density at radius 1 is 0.930 bits per heavy atom. The first-order valence-corrected chi connectivity index (χ1v) is 14.4. The molecule has 3 aromatic carbocycles. The van der Waals surface area contributed by atoms with E-state index in [1.807, 2.05) is 93.6 Å². The second-order valence-electron chi connectivity index (χ2n) is 11.0. The molecule has 9 nitrogen and oxygen atoms in total. The molecule has 222 valence electrons. The molecule has 5 aromatic rings. The SMILES string of the molecule is CCCc1nc(CC)c(-c2ccc(OC(C)(C)CO)cc2)c(=O)n1Cc1ccc(-c2ccccc2-c2noc([O-])n2)cc1. The molecule has 0 saturated carbocycles. The molecule has 1 N–H and O–H groups in total. The van der Waals surface area contributed by atoms with Gasteiger partial charge in [0.1, 0.15) is 17.2 Å². The molecule has 0 radical (unpaired) electrons. The molecular formula is C34H35N4O5-. The van der Waals surface area contributed by atoms with Crippen LogP contribution in [-0.2, 0) is 19.4 Å². The molecule has 0 unspecified atom stereocenters. The van der Waals surface area contributed by atoms with E-state index >= 15 is 0 Å². The van der Waals surface area contributed by atoms with Gasteiger partial charge < -0.3 is 19.5 Å². The normalized spacial score (nSPS) is 11.6. The molecule has 0 saturated heterocycles. The van der Waals surface area contributed by atoms with Crippen molar-refractivity contribution in [3.63, 3.8) is 0 Å². The predicted molar refractivity (Wildman–Crippen MR) is 163 cm³/mol. The lowest BCUT2D eigenvalue weighted by atomic mass is 9.98. The van der Waals surface area contributed by atoms with Crippen LogP contribution in [0, 0.1) is 0 Å². The Labute approximate surface area is 250 Å². The molecule has 2 heterocycles. The second-order valence-corrected chi connectivity index (χ2v) is 11.0. The van der Waals surface area contributed by atoms with Gasteiger partial charge in [0.05, 0.1) is 24.4 Å². The first kappa shape index (κ1) is 29.7. The highest BCUT2D eigenvalue weighted by Gasteiger charge is 2.20. The lowest BCUT2D eigenvalue weighted by Gasteiger charge is -2.24. The van der Waals surface area contributed by atoms with Crippen LogP contribution in [0.5, 0.6) is 11.8 Å². The van der Waals surface area contributed by atoms with Gasteiger partial charge in [-0.25, -0.2) is 9.97 Å². The van der Waals surface area contributed by atoms with Crippen LogP contribution in [0.1, 0.15) is 51.2 Å². The van der Waals surface area contributed by atoms with Gasteiger partial charge in [0, 0.05) is 12.0 Å². The van der Waals surface area contributed by atoms with E-state index in [4.69, 9.17) is 9.72 Å². The van der Waals surface area contributed by atoms with E-state index in [1.165, 1.54) is 0 Å². The number of ether oxygens (including phenoxy) is 1. The van der Waals surface area contributed by atoms with Crippen LogP contribution in [0.4, 0.5) is 0 Å². The molecule has 43 heavy (non-hydrogen) atoms. The summed E-state index contributed by atoms with van der Waals surface area (Å²) in [6.07, 6.45) is 1.44. The third-order valence-corrected chi connectivity index (χ3v) is 7.23. The van der Waals surface area contributed by atoms with Gasteiger partial charge in [0.15, 0.2) is 11.9 Å². The summed E-state index contributed by atoms with van der Waals surface area (Å²) in [5.74, 6) is 1.62. The minimum absolute atomic E-state index is 0.0837. The smallest absolute Gasteiger partial charge is 0.261 e. The van der Waals surface area contributed by atoms with Gasteiger partial charge in [0.2, 0.25) is 0 Å². The van der Waals surface area contributed by atoms with Crippen molar-refractivity contribution in [2.75, 3.05) is 6.61 Å². The van der Waals surface area contributed by atoms with Crippen LogP contribution in [-0.4, -0.2) is 37.0 Å². The number of nitrogens with zero attached hydrogens (tertiary/aromatic N) is 4. The lowest BCUT2D eigenvalue weighted by Crippen LogP contribution is -2.32. The summed E-state index contributed by atoms with van der Waals surface area (Å²) in [6.45, 7) is 7.97. The minimum atomic E-state index is -0.731. The van der Waals surface area contributed by atoms with Crippen LogP contribution >= 0.6 is 0 Å². The molecule has 0 aliphatic carbocycles. The maximum absolute atomic E-state index is 14.1. The fraction of sp³-hybridized carbons (Fsp3) is 0.294. The van der Waals surface area contributed by atoms with Crippen LogP contribution < -0.4 is 15.4 Å². The summed E-state index contributed by atoms with van der Waals surface area (Å²) >= 11 is 0. The molecular weight excluding hydrogens is 544 g/mol. The standard InChI is InChI=1S/C34H36N4O5/c1-5-9-29-35-28(6-2)30(24-16-18-25(19-17-24)42-34(3,4)21-39)32(40)38(29)20-22-12-14-23(15-13-22)26-10-7-8-11-27(26)31-36-33(41)43-37-31/h7-8,10-19,39H,5-6,9,20-21H2,1-4H3,(H,36,37,41)/p-1. The zero-order valence-corrected chi connectivity index (χ0v) is 24.8. The summed E-state index contributed by atoms with van der Waals surface area (Å²) in [5, 5.41) is 24.8. The monoisotopic (exact) mass is 579 g/mol. The molecule has 0 amide bonds. The molecule has 0 aliphatic rings. The van der Waals surface area contributed by atoms with Crippen molar-refractivity contribution >= 4 is 0 Å². The minimum Gasteiger partial charge on any atom is -0.528 e. The summed E-state index contributed by atoms with van der Waals surface area (Å²) in [5.41, 5.74) is 4.76. The Hall–Kier alpha value is -4.76. The largest absolute Gasteiger partial charge is 0.528 e. The molecule has 9 heteroatoms. The van der Waals surface area contributed by atoms with Crippen molar-refractivity contribution in [2.24, 2.45) is 0 Å². The van der Waals surface area contributed by atoms with Crippen LogP contribution in [0.15, 0.2) is 82.1 Å². The molecule has 2 aromatic heterocycles. The molecule has 0 fully saturated rings. The van der Waals surface area contributed by atoms with Gasteiger partial charge in [-0.05, 0) is 61.1 Å². The van der Waals surface area contributed by atoms with E-state index in [2.05, 4.69) is 21.6 Å².